The Morgan fingerprint density at radius 3 is 2.52 bits per heavy atom. The number of rotatable bonds is 5. The smallest absolute Gasteiger partial charge is 0.0744 e. The second-order valence-corrected chi connectivity index (χ2v) is 4.90. The first-order chi connectivity index (χ1) is 10.4. The molecule has 1 N–H and O–H groups in total. The van der Waals surface area contributed by atoms with Crippen LogP contribution < -0.4 is 5.32 Å². The SMILES string of the molecule is CCNCc1ccccc1-c1ccnn1-c1ccccc1. The van der Waals surface area contributed by atoms with Crippen molar-refractivity contribution >= 4 is 0 Å². The Balaban J connectivity index is 2.05. The van der Waals surface area contributed by atoms with Crippen LogP contribution in [0.5, 0.6) is 0 Å². The largest absolute Gasteiger partial charge is 0.313 e. The number of hydrogen-bond donors (Lipinski definition) is 1. The molecule has 3 rings (SSSR count). The van der Waals surface area contributed by atoms with E-state index in [2.05, 4.69) is 59.8 Å². The van der Waals surface area contributed by atoms with Crippen molar-refractivity contribution < 1.29 is 0 Å². The van der Waals surface area contributed by atoms with E-state index in [1.54, 1.807) is 0 Å². The lowest BCUT2D eigenvalue weighted by Gasteiger charge is -2.12. The number of nitrogens with one attached hydrogen (secondary N) is 1. The highest BCUT2D eigenvalue weighted by molar-refractivity contribution is 5.65. The fourth-order valence-electron chi connectivity index (χ4n) is 2.47. The molecule has 1 heterocycles. The first-order valence-electron chi connectivity index (χ1n) is 7.28. The Hall–Kier alpha value is -2.39. The van der Waals surface area contributed by atoms with Gasteiger partial charge < -0.3 is 5.32 Å². The van der Waals surface area contributed by atoms with Gasteiger partial charge in [0.25, 0.3) is 0 Å². The molecular weight excluding hydrogens is 258 g/mol. The molecule has 0 spiro atoms. The fourth-order valence-corrected chi connectivity index (χ4v) is 2.47. The van der Waals surface area contributed by atoms with Crippen LogP contribution in [-0.2, 0) is 6.54 Å². The summed E-state index contributed by atoms with van der Waals surface area (Å²) in [4.78, 5) is 0. The highest BCUT2D eigenvalue weighted by Crippen LogP contribution is 2.25. The summed E-state index contributed by atoms with van der Waals surface area (Å²) in [6.07, 6.45) is 1.85. The molecule has 0 bridgehead atoms. The van der Waals surface area contributed by atoms with Crippen molar-refractivity contribution in [1.82, 2.24) is 15.1 Å². The van der Waals surface area contributed by atoms with E-state index in [0.29, 0.717) is 0 Å². The van der Waals surface area contributed by atoms with Crippen molar-refractivity contribution in [3.63, 3.8) is 0 Å². The highest BCUT2D eigenvalue weighted by atomic mass is 15.3. The summed E-state index contributed by atoms with van der Waals surface area (Å²) in [7, 11) is 0. The lowest BCUT2D eigenvalue weighted by Crippen LogP contribution is -2.13. The Kier molecular flexibility index (Phi) is 4.12. The molecule has 0 radical (unpaired) electrons. The first-order valence-corrected chi connectivity index (χ1v) is 7.28. The predicted octanol–water partition coefficient (Wildman–Crippen LogP) is 3.65. The summed E-state index contributed by atoms with van der Waals surface area (Å²) in [6.45, 7) is 3.95. The number of para-hydroxylation sites is 1. The minimum atomic E-state index is 0.868. The van der Waals surface area contributed by atoms with Crippen LogP contribution >= 0.6 is 0 Å². The van der Waals surface area contributed by atoms with Gasteiger partial charge in [-0.2, -0.15) is 5.10 Å². The molecule has 0 amide bonds. The third kappa shape index (κ3) is 2.88. The van der Waals surface area contributed by atoms with Gasteiger partial charge in [0, 0.05) is 12.1 Å². The van der Waals surface area contributed by atoms with Gasteiger partial charge in [-0.25, -0.2) is 4.68 Å². The lowest BCUT2D eigenvalue weighted by atomic mass is 10.0. The van der Waals surface area contributed by atoms with Crippen LogP contribution in [0.1, 0.15) is 12.5 Å². The van der Waals surface area contributed by atoms with E-state index in [-0.39, 0.29) is 0 Å². The molecule has 0 atom stereocenters. The van der Waals surface area contributed by atoms with E-state index in [9.17, 15) is 0 Å². The minimum absolute atomic E-state index is 0.868. The maximum absolute atomic E-state index is 4.48. The molecule has 0 aliphatic carbocycles. The van der Waals surface area contributed by atoms with Crippen LogP contribution in [0, 0.1) is 0 Å². The summed E-state index contributed by atoms with van der Waals surface area (Å²) in [5.74, 6) is 0. The zero-order valence-corrected chi connectivity index (χ0v) is 12.2. The Morgan fingerprint density at radius 1 is 0.952 bits per heavy atom. The van der Waals surface area contributed by atoms with E-state index in [1.807, 2.05) is 29.1 Å². The van der Waals surface area contributed by atoms with E-state index < -0.39 is 0 Å². The highest BCUT2D eigenvalue weighted by Gasteiger charge is 2.10. The quantitative estimate of drug-likeness (QED) is 0.771. The average Bonchev–Trinajstić information content (AvgIpc) is 3.03. The summed E-state index contributed by atoms with van der Waals surface area (Å²) in [6, 6.07) is 20.8. The first kappa shape index (κ1) is 13.6. The fraction of sp³-hybridized carbons (Fsp3) is 0.167. The molecule has 3 heteroatoms. The number of nitrogens with zero attached hydrogens (tertiary/aromatic N) is 2. The molecule has 21 heavy (non-hydrogen) atoms. The van der Waals surface area contributed by atoms with E-state index in [0.717, 1.165) is 24.5 Å². The zero-order chi connectivity index (χ0) is 14.5. The molecule has 0 unspecified atom stereocenters. The van der Waals surface area contributed by atoms with Crippen molar-refractivity contribution in [1.29, 1.82) is 0 Å². The van der Waals surface area contributed by atoms with Gasteiger partial charge in [0.2, 0.25) is 0 Å². The van der Waals surface area contributed by atoms with Gasteiger partial charge in [-0.1, -0.05) is 49.4 Å². The van der Waals surface area contributed by atoms with Crippen LogP contribution in [0.4, 0.5) is 0 Å². The normalized spacial score (nSPS) is 10.7. The van der Waals surface area contributed by atoms with E-state index in [1.165, 1.54) is 11.1 Å². The molecule has 0 fully saturated rings. The molecule has 0 saturated carbocycles. The topological polar surface area (TPSA) is 29.9 Å². The molecule has 1 aromatic heterocycles. The van der Waals surface area contributed by atoms with Gasteiger partial charge in [0.05, 0.1) is 17.6 Å². The number of benzene rings is 2. The van der Waals surface area contributed by atoms with Crippen molar-refractivity contribution in [2.24, 2.45) is 0 Å². The summed E-state index contributed by atoms with van der Waals surface area (Å²) in [5, 5.41) is 7.88. The van der Waals surface area contributed by atoms with Crippen LogP contribution in [0.15, 0.2) is 66.9 Å². The van der Waals surface area contributed by atoms with Gasteiger partial charge in [-0.3, -0.25) is 0 Å². The zero-order valence-electron chi connectivity index (χ0n) is 12.2. The lowest BCUT2D eigenvalue weighted by molar-refractivity contribution is 0.727. The molecule has 3 nitrogen and oxygen atoms in total. The third-order valence-electron chi connectivity index (χ3n) is 3.50. The van der Waals surface area contributed by atoms with Crippen molar-refractivity contribution in [2.45, 2.75) is 13.5 Å². The monoisotopic (exact) mass is 277 g/mol. The van der Waals surface area contributed by atoms with Crippen molar-refractivity contribution in [3.05, 3.63) is 72.4 Å². The van der Waals surface area contributed by atoms with E-state index >= 15 is 0 Å². The molecule has 0 saturated heterocycles. The van der Waals surface area contributed by atoms with Crippen LogP contribution in [0.2, 0.25) is 0 Å². The van der Waals surface area contributed by atoms with Crippen LogP contribution in [-0.4, -0.2) is 16.3 Å². The second-order valence-electron chi connectivity index (χ2n) is 4.90. The Bertz CT molecular complexity index is 701. The van der Waals surface area contributed by atoms with Crippen LogP contribution in [0.25, 0.3) is 16.9 Å². The number of aromatic nitrogens is 2. The Morgan fingerprint density at radius 2 is 1.71 bits per heavy atom. The van der Waals surface area contributed by atoms with E-state index in [4.69, 9.17) is 0 Å². The molecule has 2 aromatic carbocycles. The Labute approximate surface area is 125 Å². The van der Waals surface area contributed by atoms with Gasteiger partial charge in [-0.15, -0.1) is 0 Å². The number of hydrogen-bond acceptors (Lipinski definition) is 2. The molecule has 0 aliphatic heterocycles. The average molecular weight is 277 g/mol. The standard InChI is InChI=1S/C18H19N3/c1-2-19-14-15-8-6-7-11-17(15)18-12-13-20-21(18)16-9-4-3-5-10-16/h3-13,19H,2,14H2,1H3. The third-order valence-corrected chi connectivity index (χ3v) is 3.50. The maximum atomic E-state index is 4.48. The summed E-state index contributed by atoms with van der Waals surface area (Å²) < 4.78 is 1.99. The van der Waals surface area contributed by atoms with Gasteiger partial charge in [0.1, 0.15) is 0 Å². The van der Waals surface area contributed by atoms with Crippen molar-refractivity contribution in [2.75, 3.05) is 6.54 Å². The van der Waals surface area contributed by atoms with Crippen molar-refractivity contribution in [3.8, 4) is 16.9 Å². The summed E-state index contributed by atoms with van der Waals surface area (Å²) >= 11 is 0. The van der Waals surface area contributed by atoms with Gasteiger partial charge in [0.15, 0.2) is 0 Å². The predicted molar refractivity (Wildman–Crippen MR) is 86.4 cm³/mol. The second kappa shape index (κ2) is 6.37. The van der Waals surface area contributed by atoms with Gasteiger partial charge >= 0.3 is 0 Å². The molecule has 0 aliphatic rings. The molecule has 3 aromatic rings. The van der Waals surface area contributed by atoms with Gasteiger partial charge in [-0.05, 0) is 30.3 Å². The minimum Gasteiger partial charge on any atom is -0.313 e. The van der Waals surface area contributed by atoms with Crippen LogP contribution in [0.3, 0.4) is 0 Å². The summed E-state index contributed by atoms with van der Waals surface area (Å²) in [5.41, 5.74) is 4.71. The molecular formula is C18H19N3. The maximum Gasteiger partial charge on any atom is 0.0744 e. The molecule has 106 valence electrons.